The molecule has 0 amide bonds. The third-order valence-corrected chi connectivity index (χ3v) is 10.5. The number of hydrogen-bond donors (Lipinski definition) is 0. The molecule has 54 heavy (non-hydrogen) atoms. The number of thiophene rings is 1. The van der Waals surface area contributed by atoms with Gasteiger partial charge in [-0.15, -0.1) is 11.3 Å². The molecule has 0 bridgehead atoms. The number of rotatable bonds is 5. The minimum atomic E-state index is -0.700. The van der Waals surface area contributed by atoms with Crippen LogP contribution in [-0.2, 0) is 0 Å². The molecule has 0 radical (unpaired) electrons. The Hall–Kier alpha value is -6.95. The summed E-state index contributed by atoms with van der Waals surface area (Å²) in [5.74, 6) is 1.46. The van der Waals surface area contributed by atoms with Crippen LogP contribution in [-0.4, -0.2) is 19.5 Å². The van der Waals surface area contributed by atoms with Crippen LogP contribution in [0.1, 0.15) is 19.2 Å². The highest BCUT2D eigenvalue weighted by molar-refractivity contribution is 7.26. The predicted octanol–water partition coefficient (Wildman–Crippen LogP) is 13.2. The van der Waals surface area contributed by atoms with Crippen LogP contribution in [0.3, 0.4) is 0 Å². The Kier molecular flexibility index (Phi) is 4.51. The van der Waals surface area contributed by atoms with Gasteiger partial charge in [0.05, 0.1) is 30.2 Å². The highest BCUT2D eigenvalue weighted by atomic mass is 32.1. The van der Waals surface area contributed by atoms with E-state index in [1.54, 1.807) is 12.1 Å². The van der Waals surface area contributed by atoms with Crippen LogP contribution in [0.25, 0.3) is 104 Å². The van der Waals surface area contributed by atoms with Crippen LogP contribution in [0, 0.1) is 0 Å². The number of hydrogen-bond acceptors (Lipinski definition) is 4. The molecule has 0 aliphatic rings. The van der Waals surface area contributed by atoms with Crippen molar-refractivity contribution in [2.75, 3.05) is 0 Å². The summed E-state index contributed by atoms with van der Waals surface area (Å²) in [6.45, 7) is 0. The summed E-state index contributed by atoms with van der Waals surface area (Å²) in [5.41, 5.74) is 1.53. The quantitative estimate of drug-likeness (QED) is 0.178. The van der Waals surface area contributed by atoms with Crippen molar-refractivity contribution in [2.45, 2.75) is 0 Å². The molecule has 252 valence electrons. The number of aromatic nitrogens is 4. The number of para-hydroxylation sites is 1. The second-order valence-corrected chi connectivity index (χ2v) is 13.6. The molecular weight excluding hydrogens is 677 g/mol. The van der Waals surface area contributed by atoms with E-state index in [0.717, 1.165) is 41.4 Å². The molecule has 0 spiro atoms. The third kappa shape index (κ3) is 5.01. The minimum Gasteiger partial charge on any atom is -0.309 e. The maximum absolute atomic E-state index is 9.48. The largest absolute Gasteiger partial charge is 0.309 e. The first kappa shape index (κ1) is 19.8. The monoisotopic (exact) mass is 720 g/mol. The van der Waals surface area contributed by atoms with Crippen LogP contribution >= 0.6 is 11.3 Å². The average molecular weight is 721 g/mol. The van der Waals surface area contributed by atoms with E-state index in [1.807, 2.05) is 84.9 Å². The zero-order valence-corrected chi connectivity index (χ0v) is 28.8. The van der Waals surface area contributed by atoms with Gasteiger partial charge in [0.25, 0.3) is 0 Å². The summed E-state index contributed by atoms with van der Waals surface area (Å²) in [7, 11) is 0. The second-order valence-electron chi connectivity index (χ2n) is 12.5. The molecule has 0 unspecified atom stereocenters. The molecule has 11 aromatic rings. The predicted molar refractivity (Wildman–Crippen MR) is 226 cm³/mol. The summed E-state index contributed by atoms with van der Waals surface area (Å²) in [6.07, 6.45) is 0. The van der Waals surface area contributed by atoms with E-state index in [9.17, 15) is 8.22 Å². The molecule has 0 N–H and O–H groups in total. The molecule has 0 aliphatic heterocycles. The Morgan fingerprint density at radius 2 is 1.13 bits per heavy atom. The fraction of sp³-hybridized carbons (Fsp3) is 0. The standard InChI is InChI=1S/C49H30N4S/c1-3-12-32(13-4-1)47-50-48(33-14-5-2-6-15-33)52-49(51-47)40-19-11-21-44-46(40)39-27-24-36(30-45(39)54-44)31-22-25-37(26-23-31)53-42-20-10-9-18-38(42)41-28-34-16-7-8-17-35(34)29-43(41)53/h1-30H/i7D,8D,9D,10D,16D,17D,18D,20D,22D,23D,25D,26D,28D,29D. The number of benzene rings is 8. The Bertz CT molecular complexity index is 3940. The normalized spacial score (nSPS) is 15.3. The maximum Gasteiger partial charge on any atom is 0.164 e. The zero-order chi connectivity index (χ0) is 47.8. The SMILES string of the molecule is [2H]c1c([2H])c(-n2c3c([2H])c([2H])c([2H])c([2H])c3c3c([2H])c4c([2H])c([2H])c([2H])c([2H])c4c([2H])c32)c([2H])c([2H])c1-c1ccc2c(c1)sc1cccc(-c3nc(-c4ccccc4)nc(-c4ccccc4)n3)c12. The van der Waals surface area contributed by atoms with Crippen molar-refractivity contribution in [1.82, 2.24) is 19.5 Å². The van der Waals surface area contributed by atoms with Gasteiger partial charge in [-0.25, -0.2) is 15.0 Å². The van der Waals surface area contributed by atoms with E-state index >= 15 is 0 Å². The number of fused-ring (bicyclic) bond motifs is 7. The molecular formula is C49H30N4S. The third-order valence-electron chi connectivity index (χ3n) is 9.34. The van der Waals surface area contributed by atoms with Crippen LogP contribution in [0.4, 0.5) is 0 Å². The van der Waals surface area contributed by atoms with Gasteiger partial charge in [0.15, 0.2) is 17.5 Å². The molecule has 8 aromatic carbocycles. The van der Waals surface area contributed by atoms with Crippen molar-refractivity contribution in [1.29, 1.82) is 0 Å². The van der Waals surface area contributed by atoms with Crippen molar-refractivity contribution in [3.63, 3.8) is 0 Å². The Labute approximate surface area is 335 Å². The van der Waals surface area contributed by atoms with Gasteiger partial charge in [0, 0.05) is 53.3 Å². The smallest absolute Gasteiger partial charge is 0.164 e. The number of nitrogens with zero attached hydrogens (tertiary/aromatic N) is 4. The van der Waals surface area contributed by atoms with Crippen LogP contribution in [0.5, 0.6) is 0 Å². The maximum atomic E-state index is 9.48. The zero-order valence-electron chi connectivity index (χ0n) is 41.9. The first-order valence-corrected chi connectivity index (χ1v) is 17.8. The van der Waals surface area contributed by atoms with E-state index in [-0.39, 0.29) is 38.1 Å². The van der Waals surface area contributed by atoms with Crippen molar-refractivity contribution < 1.29 is 19.2 Å². The van der Waals surface area contributed by atoms with Crippen molar-refractivity contribution in [2.24, 2.45) is 0 Å². The van der Waals surface area contributed by atoms with Crippen molar-refractivity contribution >= 4 is 64.1 Å². The second kappa shape index (κ2) is 12.3. The summed E-state index contributed by atoms with van der Waals surface area (Å²) in [4.78, 5) is 14.8. The fourth-order valence-electron chi connectivity index (χ4n) is 6.86. The van der Waals surface area contributed by atoms with E-state index in [1.165, 1.54) is 11.3 Å². The summed E-state index contributed by atoms with van der Waals surface area (Å²) < 4.78 is 128. The minimum absolute atomic E-state index is 0.0599. The molecule has 4 nitrogen and oxygen atoms in total. The van der Waals surface area contributed by atoms with Gasteiger partial charge >= 0.3 is 0 Å². The lowest BCUT2D eigenvalue weighted by Crippen LogP contribution is -2.00. The van der Waals surface area contributed by atoms with E-state index in [4.69, 9.17) is 25.9 Å². The van der Waals surface area contributed by atoms with E-state index < -0.39 is 90.3 Å². The Morgan fingerprint density at radius 1 is 0.463 bits per heavy atom. The Morgan fingerprint density at radius 3 is 1.87 bits per heavy atom. The summed E-state index contributed by atoms with van der Waals surface area (Å²) in [6, 6.07) is 21.8. The van der Waals surface area contributed by atoms with Gasteiger partial charge in [0.2, 0.25) is 0 Å². The van der Waals surface area contributed by atoms with Crippen LogP contribution in [0.2, 0.25) is 0 Å². The topological polar surface area (TPSA) is 43.6 Å². The van der Waals surface area contributed by atoms with Gasteiger partial charge in [-0.05, 0) is 64.2 Å². The molecule has 0 fully saturated rings. The summed E-state index contributed by atoms with van der Waals surface area (Å²) in [5, 5.41) is 0.433. The van der Waals surface area contributed by atoms with Crippen molar-refractivity contribution in [3.05, 3.63) is 182 Å². The first-order chi connectivity index (χ1) is 32.6. The lowest BCUT2D eigenvalue weighted by molar-refractivity contribution is 1.08. The molecule has 0 saturated heterocycles. The van der Waals surface area contributed by atoms with Gasteiger partial charge in [-0.1, -0.05) is 139 Å². The lowest BCUT2D eigenvalue weighted by atomic mass is 10.0. The first-order valence-electron chi connectivity index (χ1n) is 24.0. The average Bonchev–Trinajstić information content (AvgIpc) is 3.91. The van der Waals surface area contributed by atoms with Crippen LogP contribution < -0.4 is 0 Å². The molecule has 5 heteroatoms. The van der Waals surface area contributed by atoms with Gasteiger partial charge in [-0.2, -0.15) is 0 Å². The van der Waals surface area contributed by atoms with Gasteiger partial charge in [-0.3, -0.25) is 0 Å². The van der Waals surface area contributed by atoms with Crippen LogP contribution in [0.15, 0.2) is 182 Å². The molecule has 3 aromatic heterocycles. The van der Waals surface area contributed by atoms with E-state index in [2.05, 4.69) is 0 Å². The van der Waals surface area contributed by atoms with Gasteiger partial charge in [0.1, 0.15) is 0 Å². The molecule has 0 saturated carbocycles. The highest BCUT2D eigenvalue weighted by Crippen LogP contribution is 2.42. The van der Waals surface area contributed by atoms with E-state index in [0.29, 0.717) is 23.0 Å². The van der Waals surface area contributed by atoms with Crippen molar-refractivity contribution in [3.8, 4) is 51.0 Å². The fourth-order valence-corrected chi connectivity index (χ4v) is 8.03. The molecule has 0 aliphatic carbocycles. The molecule has 0 atom stereocenters. The molecule has 3 heterocycles. The lowest BCUT2D eigenvalue weighted by Gasteiger charge is -2.10. The summed E-state index contributed by atoms with van der Waals surface area (Å²) >= 11 is 1.46. The highest BCUT2D eigenvalue weighted by Gasteiger charge is 2.18. The molecule has 11 rings (SSSR count). The Balaban J connectivity index is 1.13. The van der Waals surface area contributed by atoms with Gasteiger partial charge < -0.3 is 4.57 Å².